The quantitative estimate of drug-likeness (QED) is 0.778. The van der Waals surface area contributed by atoms with Crippen LogP contribution < -0.4 is 15.4 Å². The van der Waals surface area contributed by atoms with Gasteiger partial charge in [-0.15, -0.1) is 0 Å². The zero-order chi connectivity index (χ0) is 16.1. The summed E-state index contributed by atoms with van der Waals surface area (Å²) in [7, 11) is 1.89. The van der Waals surface area contributed by atoms with Crippen LogP contribution in [-0.4, -0.2) is 41.9 Å². The van der Waals surface area contributed by atoms with Gasteiger partial charge in [0.2, 0.25) is 5.91 Å². The molecule has 1 aromatic heterocycles. The molecule has 2 N–H and O–H groups in total. The normalized spacial score (nSPS) is 20.4. The second-order valence-corrected chi connectivity index (χ2v) is 5.77. The highest BCUT2D eigenvalue weighted by Gasteiger charge is 2.34. The number of amides is 1. The van der Waals surface area contributed by atoms with E-state index in [9.17, 15) is 4.79 Å². The first-order valence-corrected chi connectivity index (χ1v) is 7.89. The minimum Gasteiger partial charge on any atom is -0.492 e. The third-order valence-electron chi connectivity index (χ3n) is 4.12. The molecule has 1 saturated heterocycles. The van der Waals surface area contributed by atoms with Gasteiger partial charge in [0, 0.05) is 32.3 Å². The van der Waals surface area contributed by atoms with Crippen molar-refractivity contribution in [1.82, 2.24) is 20.4 Å². The first kappa shape index (κ1) is 15.6. The highest BCUT2D eigenvalue weighted by atomic mass is 16.5. The Balaban J connectivity index is 1.47. The molecule has 0 radical (unpaired) electrons. The molecule has 0 saturated carbocycles. The Hall–Kier alpha value is -2.34. The molecule has 0 spiro atoms. The SMILES string of the molecule is Cn1cc([C@H]2CNC[C@@H]2C(=O)NCCOc2ccccc2)cn1. The number of carbonyl (C=O) groups is 1. The van der Waals surface area contributed by atoms with E-state index in [2.05, 4.69) is 15.7 Å². The average Bonchev–Trinajstić information content (AvgIpc) is 3.21. The second kappa shape index (κ2) is 7.28. The van der Waals surface area contributed by atoms with E-state index in [0.717, 1.165) is 17.9 Å². The molecule has 2 aromatic rings. The lowest BCUT2D eigenvalue weighted by Crippen LogP contribution is -2.36. The molecule has 1 fully saturated rings. The molecule has 6 heteroatoms. The van der Waals surface area contributed by atoms with Crippen molar-refractivity contribution in [2.75, 3.05) is 26.2 Å². The molecule has 2 heterocycles. The van der Waals surface area contributed by atoms with Crippen LogP contribution in [0.1, 0.15) is 11.5 Å². The van der Waals surface area contributed by atoms with E-state index in [-0.39, 0.29) is 17.7 Å². The van der Waals surface area contributed by atoms with Crippen LogP contribution in [0.4, 0.5) is 0 Å². The predicted octanol–water partition coefficient (Wildman–Crippen LogP) is 0.918. The third-order valence-corrected chi connectivity index (χ3v) is 4.12. The first-order valence-electron chi connectivity index (χ1n) is 7.89. The van der Waals surface area contributed by atoms with Crippen molar-refractivity contribution >= 4 is 5.91 Å². The van der Waals surface area contributed by atoms with Crippen molar-refractivity contribution < 1.29 is 9.53 Å². The smallest absolute Gasteiger partial charge is 0.225 e. The molecule has 1 amide bonds. The van der Waals surface area contributed by atoms with E-state index in [0.29, 0.717) is 19.7 Å². The van der Waals surface area contributed by atoms with Gasteiger partial charge in [0.25, 0.3) is 0 Å². The summed E-state index contributed by atoms with van der Waals surface area (Å²) < 4.78 is 7.36. The third kappa shape index (κ3) is 3.90. The van der Waals surface area contributed by atoms with Crippen LogP contribution in [0.15, 0.2) is 42.7 Å². The number of hydrogen-bond donors (Lipinski definition) is 2. The summed E-state index contributed by atoms with van der Waals surface area (Å²) in [4.78, 5) is 12.4. The van der Waals surface area contributed by atoms with Crippen molar-refractivity contribution in [2.24, 2.45) is 13.0 Å². The lowest BCUT2D eigenvalue weighted by molar-refractivity contribution is -0.124. The molecular formula is C17H22N4O2. The Labute approximate surface area is 135 Å². The summed E-state index contributed by atoms with van der Waals surface area (Å²) in [6.45, 7) is 2.48. The number of aryl methyl sites for hydroxylation is 1. The van der Waals surface area contributed by atoms with Gasteiger partial charge in [-0.3, -0.25) is 9.48 Å². The van der Waals surface area contributed by atoms with Gasteiger partial charge in [0.05, 0.1) is 18.7 Å². The molecule has 1 aromatic carbocycles. The summed E-state index contributed by atoms with van der Waals surface area (Å²) in [6.07, 6.45) is 3.83. The molecular weight excluding hydrogens is 292 g/mol. The minimum atomic E-state index is -0.0593. The van der Waals surface area contributed by atoms with Crippen LogP contribution in [0.25, 0.3) is 0 Å². The Morgan fingerprint density at radius 2 is 2.22 bits per heavy atom. The largest absolute Gasteiger partial charge is 0.492 e. The molecule has 6 nitrogen and oxygen atoms in total. The van der Waals surface area contributed by atoms with Crippen LogP contribution >= 0.6 is 0 Å². The van der Waals surface area contributed by atoms with Crippen LogP contribution in [0, 0.1) is 5.92 Å². The Morgan fingerprint density at radius 3 is 2.96 bits per heavy atom. The second-order valence-electron chi connectivity index (χ2n) is 5.77. The molecule has 0 bridgehead atoms. The lowest BCUT2D eigenvalue weighted by atomic mass is 9.90. The van der Waals surface area contributed by atoms with Gasteiger partial charge in [-0.05, 0) is 17.7 Å². The predicted molar refractivity (Wildman–Crippen MR) is 87.3 cm³/mol. The highest BCUT2D eigenvalue weighted by Crippen LogP contribution is 2.27. The number of nitrogens with one attached hydrogen (secondary N) is 2. The van der Waals surface area contributed by atoms with Crippen molar-refractivity contribution in [3.63, 3.8) is 0 Å². The van der Waals surface area contributed by atoms with Crippen molar-refractivity contribution in [3.8, 4) is 5.75 Å². The topological polar surface area (TPSA) is 68.2 Å². The van der Waals surface area contributed by atoms with Crippen molar-refractivity contribution in [2.45, 2.75) is 5.92 Å². The van der Waals surface area contributed by atoms with E-state index in [1.54, 1.807) is 4.68 Å². The molecule has 2 atom stereocenters. The summed E-state index contributed by atoms with van der Waals surface area (Å²) in [5, 5.41) is 10.5. The highest BCUT2D eigenvalue weighted by molar-refractivity contribution is 5.80. The van der Waals surface area contributed by atoms with Crippen LogP contribution in [0.5, 0.6) is 5.75 Å². The van der Waals surface area contributed by atoms with Gasteiger partial charge in [-0.25, -0.2) is 0 Å². The van der Waals surface area contributed by atoms with Gasteiger partial charge in [-0.1, -0.05) is 18.2 Å². The Kier molecular flexibility index (Phi) is 4.92. The van der Waals surface area contributed by atoms with E-state index >= 15 is 0 Å². The van der Waals surface area contributed by atoms with E-state index in [4.69, 9.17) is 4.74 Å². The van der Waals surface area contributed by atoms with Gasteiger partial charge >= 0.3 is 0 Å². The maximum absolute atomic E-state index is 12.4. The maximum Gasteiger partial charge on any atom is 0.225 e. The zero-order valence-corrected chi connectivity index (χ0v) is 13.2. The summed E-state index contributed by atoms with van der Waals surface area (Å²) in [6, 6.07) is 9.61. The fraction of sp³-hybridized carbons (Fsp3) is 0.412. The number of nitrogens with zero attached hydrogens (tertiary/aromatic N) is 2. The van der Waals surface area contributed by atoms with Crippen molar-refractivity contribution in [3.05, 3.63) is 48.3 Å². The molecule has 1 aliphatic rings. The molecule has 0 aliphatic carbocycles. The van der Waals surface area contributed by atoms with Gasteiger partial charge in [0.1, 0.15) is 12.4 Å². The lowest BCUT2D eigenvalue weighted by Gasteiger charge is -2.17. The summed E-state index contributed by atoms with van der Waals surface area (Å²) in [5.41, 5.74) is 1.11. The van der Waals surface area contributed by atoms with E-state index in [1.807, 2.05) is 49.8 Å². The molecule has 0 unspecified atom stereocenters. The van der Waals surface area contributed by atoms with Crippen molar-refractivity contribution in [1.29, 1.82) is 0 Å². The summed E-state index contributed by atoms with van der Waals surface area (Å²) >= 11 is 0. The number of benzene rings is 1. The first-order chi connectivity index (χ1) is 11.2. The fourth-order valence-corrected chi connectivity index (χ4v) is 2.93. The fourth-order valence-electron chi connectivity index (χ4n) is 2.93. The number of rotatable bonds is 6. The number of aromatic nitrogens is 2. The number of carbonyl (C=O) groups excluding carboxylic acids is 1. The van der Waals surface area contributed by atoms with Gasteiger partial charge in [0.15, 0.2) is 0 Å². The van der Waals surface area contributed by atoms with E-state index in [1.165, 1.54) is 0 Å². The number of hydrogen-bond acceptors (Lipinski definition) is 4. The van der Waals surface area contributed by atoms with E-state index < -0.39 is 0 Å². The van der Waals surface area contributed by atoms with Crippen LogP contribution in [-0.2, 0) is 11.8 Å². The van der Waals surface area contributed by atoms with Crippen LogP contribution in [0.2, 0.25) is 0 Å². The minimum absolute atomic E-state index is 0.0593. The monoisotopic (exact) mass is 314 g/mol. The van der Waals surface area contributed by atoms with Crippen LogP contribution in [0.3, 0.4) is 0 Å². The van der Waals surface area contributed by atoms with Gasteiger partial charge in [-0.2, -0.15) is 5.10 Å². The molecule has 3 rings (SSSR count). The number of ether oxygens (including phenoxy) is 1. The molecule has 122 valence electrons. The molecule has 23 heavy (non-hydrogen) atoms. The molecule has 1 aliphatic heterocycles. The summed E-state index contributed by atoms with van der Waals surface area (Å²) in [5.74, 6) is 1.01. The number of para-hydroxylation sites is 1. The Bertz CT molecular complexity index is 641. The average molecular weight is 314 g/mol. The zero-order valence-electron chi connectivity index (χ0n) is 13.2. The van der Waals surface area contributed by atoms with Gasteiger partial charge < -0.3 is 15.4 Å². The standard InChI is InChI=1S/C17H22N4O2/c1-21-12-13(9-20-21)15-10-18-11-16(15)17(22)19-7-8-23-14-5-3-2-4-6-14/h2-6,9,12,15-16,18H,7-8,10-11H2,1H3,(H,19,22)/t15-,16+/m1/s1. The maximum atomic E-state index is 12.4. The Morgan fingerprint density at radius 1 is 1.39 bits per heavy atom.